The monoisotopic (exact) mass is 350 g/mol. The maximum atomic E-state index is 10.5. The van der Waals surface area contributed by atoms with Crippen molar-refractivity contribution < 1.29 is 20.1 Å². The van der Waals surface area contributed by atoms with Gasteiger partial charge in [0.05, 0.1) is 12.2 Å². The van der Waals surface area contributed by atoms with E-state index in [0.717, 1.165) is 12.8 Å². The molecule has 0 radical (unpaired) electrons. The van der Waals surface area contributed by atoms with Crippen molar-refractivity contribution in [2.24, 2.45) is 11.8 Å². The molecule has 0 aliphatic heterocycles. The molecule has 0 heterocycles. The minimum atomic E-state index is -0.768. The number of aliphatic hydroxyl groups excluding tert-OH is 2. The molecule has 0 aromatic rings. The summed E-state index contributed by atoms with van der Waals surface area (Å²) in [5.74, 6) is -0.783. The van der Waals surface area contributed by atoms with Gasteiger partial charge in [-0.25, -0.2) is 0 Å². The Morgan fingerprint density at radius 3 is 2.56 bits per heavy atom. The standard InChI is InChI=1S/C21H34O4/c1-3-4-7-10-16(2)13-14-18-17(19(22)15-20(18)23)11-8-5-6-9-12-21(24)25/h5,8,10,13-14,17-20,22-23H,3-4,6-7,9,11-12,15H2,1-2H3,(H,24,25)/b8-5-,14-13+,16-10+/t17-,18-,19+,20-/m1/s1. The van der Waals surface area contributed by atoms with E-state index in [1.54, 1.807) is 0 Å². The first-order valence-electron chi connectivity index (χ1n) is 9.53. The first kappa shape index (κ1) is 21.7. The van der Waals surface area contributed by atoms with Crippen molar-refractivity contribution in [2.45, 2.75) is 77.4 Å². The smallest absolute Gasteiger partial charge is 0.303 e. The third-order valence-electron chi connectivity index (χ3n) is 4.86. The zero-order chi connectivity index (χ0) is 18.7. The number of rotatable bonds is 11. The molecule has 0 aromatic carbocycles. The van der Waals surface area contributed by atoms with Gasteiger partial charge in [0.25, 0.3) is 0 Å². The molecule has 0 saturated heterocycles. The van der Waals surface area contributed by atoms with Gasteiger partial charge in [-0.15, -0.1) is 0 Å². The first-order valence-corrected chi connectivity index (χ1v) is 9.53. The maximum absolute atomic E-state index is 10.5. The number of aliphatic carboxylic acids is 1. The zero-order valence-corrected chi connectivity index (χ0v) is 15.6. The lowest BCUT2D eigenvalue weighted by Crippen LogP contribution is -2.19. The molecule has 1 saturated carbocycles. The molecular formula is C21H34O4. The second-order valence-corrected chi connectivity index (χ2v) is 7.05. The van der Waals surface area contributed by atoms with E-state index in [2.05, 4.69) is 26.0 Å². The fraction of sp³-hybridized carbons (Fsp3) is 0.667. The van der Waals surface area contributed by atoms with Crippen LogP contribution in [0.25, 0.3) is 0 Å². The SMILES string of the molecule is CCCC/C=C(C)/C=C/[C@@H]1[C@@H](C/C=C\CCCC(=O)O)[C@@H](O)C[C@H]1O. The van der Waals surface area contributed by atoms with Crippen molar-refractivity contribution in [3.8, 4) is 0 Å². The Morgan fingerprint density at radius 2 is 1.88 bits per heavy atom. The summed E-state index contributed by atoms with van der Waals surface area (Å²) in [4.78, 5) is 10.5. The van der Waals surface area contributed by atoms with Gasteiger partial charge in [0.2, 0.25) is 0 Å². The molecule has 1 rings (SSSR count). The second-order valence-electron chi connectivity index (χ2n) is 7.05. The van der Waals surface area contributed by atoms with Gasteiger partial charge >= 0.3 is 5.97 Å². The molecule has 1 aliphatic carbocycles. The van der Waals surface area contributed by atoms with Crippen LogP contribution in [-0.2, 0) is 4.79 Å². The van der Waals surface area contributed by atoms with Crippen LogP contribution < -0.4 is 0 Å². The maximum Gasteiger partial charge on any atom is 0.303 e. The first-order chi connectivity index (χ1) is 12.0. The molecule has 1 aliphatic rings. The highest BCUT2D eigenvalue weighted by Gasteiger charge is 2.39. The van der Waals surface area contributed by atoms with Crippen LogP contribution in [0.15, 0.2) is 36.0 Å². The summed E-state index contributed by atoms with van der Waals surface area (Å²) < 4.78 is 0. The van der Waals surface area contributed by atoms with Crippen LogP contribution in [-0.4, -0.2) is 33.5 Å². The highest BCUT2D eigenvalue weighted by Crippen LogP contribution is 2.36. The van der Waals surface area contributed by atoms with E-state index < -0.39 is 18.2 Å². The summed E-state index contributed by atoms with van der Waals surface area (Å²) in [5, 5.41) is 29.1. The van der Waals surface area contributed by atoms with E-state index in [0.29, 0.717) is 19.3 Å². The third kappa shape index (κ3) is 8.50. The van der Waals surface area contributed by atoms with Crippen molar-refractivity contribution in [3.05, 3.63) is 36.0 Å². The van der Waals surface area contributed by atoms with Crippen LogP contribution in [0.1, 0.15) is 65.2 Å². The van der Waals surface area contributed by atoms with E-state index in [1.807, 2.05) is 18.2 Å². The highest BCUT2D eigenvalue weighted by atomic mass is 16.4. The Morgan fingerprint density at radius 1 is 1.12 bits per heavy atom. The normalized spacial score (nSPS) is 27.6. The molecule has 142 valence electrons. The van der Waals surface area contributed by atoms with Crippen molar-refractivity contribution in [1.29, 1.82) is 0 Å². The van der Waals surface area contributed by atoms with Gasteiger partial charge in [0.1, 0.15) is 0 Å². The van der Waals surface area contributed by atoms with E-state index >= 15 is 0 Å². The number of allylic oxidation sites excluding steroid dienone is 5. The van der Waals surface area contributed by atoms with Gasteiger partial charge in [-0.1, -0.05) is 55.7 Å². The van der Waals surface area contributed by atoms with Crippen LogP contribution in [0, 0.1) is 11.8 Å². The number of aliphatic hydroxyl groups is 2. The minimum Gasteiger partial charge on any atom is -0.481 e. The zero-order valence-electron chi connectivity index (χ0n) is 15.6. The van der Waals surface area contributed by atoms with Crippen molar-refractivity contribution in [1.82, 2.24) is 0 Å². The van der Waals surface area contributed by atoms with Crippen LogP contribution >= 0.6 is 0 Å². The van der Waals surface area contributed by atoms with E-state index in [-0.39, 0.29) is 18.3 Å². The molecule has 1 fully saturated rings. The summed E-state index contributed by atoms with van der Waals surface area (Å²) in [6.07, 6.45) is 15.5. The molecule has 0 unspecified atom stereocenters. The number of carboxylic acids is 1. The summed E-state index contributed by atoms with van der Waals surface area (Å²) >= 11 is 0. The van der Waals surface area contributed by atoms with Crippen molar-refractivity contribution in [2.75, 3.05) is 0 Å². The van der Waals surface area contributed by atoms with Crippen molar-refractivity contribution >= 4 is 5.97 Å². The lowest BCUT2D eigenvalue weighted by atomic mass is 9.89. The average Bonchev–Trinajstić information content (AvgIpc) is 2.82. The van der Waals surface area contributed by atoms with E-state index in [9.17, 15) is 15.0 Å². The number of carbonyl (C=O) groups is 1. The number of carboxylic acid groups (broad SMARTS) is 1. The molecule has 4 atom stereocenters. The van der Waals surface area contributed by atoms with Gasteiger partial charge in [-0.05, 0) is 38.5 Å². The Hall–Kier alpha value is -1.39. The van der Waals surface area contributed by atoms with Gasteiger partial charge in [-0.2, -0.15) is 0 Å². The molecule has 0 amide bonds. The minimum absolute atomic E-state index is 0.0189. The number of unbranched alkanes of at least 4 members (excludes halogenated alkanes) is 3. The second kappa shape index (κ2) is 12.0. The average molecular weight is 350 g/mol. The number of hydrogen-bond donors (Lipinski definition) is 3. The molecule has 0 spiro atoms. The molecule has 0 bridgehead atoms. The Kier molecular flexibility index (Phi) is 10.4. The molecule has 25 heavy (non-hydrogen) atoms. The summed E-state index contributed by atoms with van der Waals surface area (Å²) in [6.45, 7) is 4.25. The van der Waals surface area contributed by atoms with Crippen molar-refractivity contribution in [3.63, 3.8) is 0 Å². The van der Waals surface area contributed by atoms with Crippen LogP contribution in [0.5, 0.6) is 0 Å². The predicted octanol–water partition coefficient (Wildman–Crippen LogP) is 4.24. The fourth-order valence-corrected chi connectivity index (χ4v) is 3.31. The molecule has 4 heteroatoms. The van der Waals surface area contributed by atoms with Crippen LogP contribution in [0.4, 0.5) is 0 Å². The van der Waals surface area contributed by atoms with Gasteiger partial charge in [-0.3, -0.25) is 4.79 Å². The fourth-order valence-electron chi connectivity index (χ4n) is 3.31. The third-order valence-corrected chi connectivity index (χ3v) is 4.86. The Bertz CT molecular complexity index is 478. The summed E-state index contributed by atoms with van der Waals surface area (Å²) in [6, 6.07) is 0. The van der Waals surface area contributed by atoms with E-state index in [4.69, 9.17) is 5.11 Å². The topological polar surface area (TPSA) is 77.8 Å². The molecule has 0 aromatic heterocycles. The lowest BCUT2D eigenvalue weighted by molar-refractivity contribution is -0.137. The number of hydrogen-bond acceptors (Lipinski definition) is 3. The van der Waals surface area contributed by atoms with Crippen LogP contribution in [0.2, 0.25) is 0 Å². The molecule has 3 N–H and O–H groups in total. The van der Waals surface area contributed by atoms with E-state index in [1.165, 1.54) is 18.4 Å². The molecular weight excluding hydrogens is 316 g/mol. The van der Waals surface area contributed by atoms with Crippen LogP contribution in [0.3, 0.4) is 0 Å². The van der Waals surface area contributed by atoms with Gasteiger partial charge in [0.15, 0.2) is 0 Å². The quantitative estimate of drug-likeness (QED) is 0.296. The lowest BCUT2D eigenvalue weighted by Gasteiger charge is -2.19. The molecule has 4 nitrogen and oxygen atoms in total. The Labute approximate surface area is 152 Å². The van der Waals surface area contributed by atoms with Gasteiger partial charge < -0.3 is 15.3 Å². The largest absolute Gasteiger partial charge is 0.481 e. The Balaban J connectivity index is 2.53. The van der Waals surface area contributed by atoms with Gasteiger partial charge in [0, 0.05) is 18.8 Å². The summed E-state index contributed by atoms with van der Waals surface area (Å²) in [5.41, 5.74) is 1.20. The highest BCUT2D eigenvalue weighted by molar-refractivity contribution is 5.66. The predicted molar refractivity (Wildman–Crippen MR) is 101 cm³/mol. The summed E-state index contributed by atoms with van der Waals surface area (Å²) in [7, 11) is 0.